The average Bonchev–Trinajstić information content (AvgIpc) is 2.89. The zero-order chi connectivity index (χ0) is 13.2. The quantitative estimate of drug-likeness (QED) is 0.783. The smallest absolute Gasteiger partial charge is 0.123 e. The lowest BCUT2D eigenvalue weighted by molar-refractivity contribution is 0.627. The summed E-state index contributed by atoms with van der Waals surface area (Å²) in [6.07, 6.45) is 1.15. The minimum atomic E-state index is -0.175. The maximum absolute atomic E-state index is 12.9. The van der Waals surface area contributed by atoms with E-state index in [1.807, 2.05) is 12.1 Å². The van der Waals surface area contributed by atoms with Crippen LogP contribution >= 0.6 is 15.9 Å². The number of hydrogen-bond acceptors (Lipinski definition) is 1. The summed E-state index contributed by atoms with van der Waals surface area (Å²) in [5.41, 5.74) is 2.48. The Morgan fingerprint density at radius 3 is 2.63 bits per heavy atom. The summed E-state index contributed by atoms with van der Waals surface area (Å²) in [4.78, 5) is 2.32. The molecular formula is C16H15BrFN. The van der Waals surface area contributed by atoms with Crippen molar-refractivity contribution in [2.24, 2.45) is 0 Å². The van der Waals surface area contributed by atoms with Crippen molar-refractivity contribution in [2.45, 2.75) is 12.3 Å². The second kappa shape index (κ2) is 5.33. The van der Waals surface area contributed by atoms with Crippen molar-refractivity contribution >= 4 is 21.6 Å². The standard InChI is InChI=1S/C16H15BrFN/c17-14-3-1-2-12(10-14)13-8-9-19(11-13)16-6-4-15(18)5-7-16/h1-7,10,13H,8-9,11H2. The van der Waals surface area contributed by atoms with Gasteiger partial charge < -0.3 is 4.90 Å². The number of rotatable bonds is 2. The molecule has 98 valence electrons. The van der Waals surface area contributed by atoms with Gasteiger partial charge in [-0.2, -0.15) is 0 Å². The second-order valence-electron chi connectivity index (χ2n) is 4.96. The van der Waals surface area contributed by atoms with Gasteiger partial charge >= 0.3 is 0 Å². The molecule has 0 saturated carbocycles. The molecule has 1 aliphatic heterocycles. The Bertz CT molecular complexity index is 567. The third-order valence-corrected chi connectivity index (χ3v) is 4.19. The lowest BCUT2D eigenvalue weighted by Gasteiger charge is -2.18. The topological polar surface area (TPSA) is 3.24 Å². The SMILES string of the molecule is Fc1ccc(N2CCC(c3cccc(Br)c3)C2)cc1. The summed E-state index contributed by atoms with van der Waals surface area (Å²) in [5.74, 6) is 0.383. The zero-order valence-electron chi connectivity index (χ0n) is 10.5. The van der Waals surface area contributed by atoms with Crippen LogP contribution < -0.4 is 4.90 Å². The van der Waals surface area contributed by atoms with Crippen LogP contribution in [0.4, 0.5) is 10.1 Å². The minimum absolute atomic E-state index is 0.175. The summed E-state index contributed by atoms with van der Waals surface area (Å²) in [5, 5.41) is 0. The van der Waals surface area contributed by atoms with Crippen LogP contribution in [0.3, 0.4) is 0 Å². The summed E-state index contributed by atoms with van der Waals surface area (Å²) in [6.45, 7) is 2.03. The van der Waals surface area contributed by atoms with Crippen LogP contribution in [0, 0.1) is 5.82 Å². The van der Waals surface area contributed by atoms with E-state index < -0.39 is 0 Å². The van der Waals surface area contributed by atoms with E-state index >= 15 is 0 Å². The minimum Gasteiger partial charge on any atom is -0.371 e. The van der Waals surface area contributed by atoms with Crippen molar-refractivity contribution in [1.29, 1.82) is 0 Å². The molecule has 1 aliphatic rings. The van der Waals surface area contributed by atoms with Gasteiger partial charge in [0.15, 0.2) is 0 Å². The Kier molecular flexibility index (Phi) is 3.56. The van der Waals surface area contributed by atoms with Crippen molar-refractivity contribution in [1.82, 2.24) is 0 Å². The van der Waals surface area contributed by atoms with E-state index in [0.29, 0.717) is 5.92 Å². The maximum Gasteiger partial charge on any atom is 0.123 e. The first-order chi connectivity index (χ1) is 9.22. The highest BCUT2D eigenvalue weighted by atomic mass is 79.9. The highest BCUT2D eigenvalue weighted by Crippen LogP contribution is 2.31. The van der Waals surface area contributed by atoms with Crippen LogP contribution in [0.5, 0.6) is 0 Å². The summed E-state index contributed by atoms with van der Waals surface area (Å²) >= 11 is 3.52. The van der Waals surface area contributed by atoms with Crippen LogP contribution in [0.15, 0.2) is 53.0 Å². The molecule has 0 bridgehead atoms. The Balaban J connectivity index is 1.75. The van der Waals surface area contributed by atoms with Crippen molar-refractivity contribution in [3.63, 3.8) is 0 Å². The van der Waals surface area contributed by atoms with Crippen molar-refractivity contribution in [3.8, 4) is 0 Å². The monoisotopic (exact) mass is 319 g/mol. The predicted molar refractivity (Wildman–Crippen MR) is 80.1 cm³/mol. The molecule has 1 nitrogen and oxygen atoms in total. The van der Waals surface area contributed by atoms with Crippen molar-refractivity contribution in [3.05, 3.63) is 64.4 Å². The van der Waals surface area contributed by atoms with E-state index in [1.54, 1.807) is 0 Å². The first-order valence-corrected chi connectivity index (χ1v) is 7.27. The summed E-state index contributed by atoms with van der Waals surface area (Å²) < 4.78 is 14.1. The Morgan fingerprint density at radius 2 is 1.89 bits per heavy atom. The van der Waals surface area contributed by atoms with E-state index in [-0.39, 0.29) is 5.82 Å². The van der Waals surface area contributed by atoms with E-state index in [1.165, 1.54) is 17.7 Å². The molecule has 3 heteroatoms. The number of hydrogen-bond donors (Lipinski definition) is 0. The third-order valence-electron chi connectivity index (χ3n) is 3.70. The Hall–Kier alpha value is -1.35. The van der Waals surface area contributed by atoms with Gasteiger partial charge in [-0.3, -0.25) is 0 Å². The first-order valence-electron chi connectivity index (χ1n) is 6.48. The van der Waals surface area contributed by atoms with Crippen molar-refractivity contribution in [2.75, 3.05) is 18.0 Å². The van der Waals surface area contributed by atoms with Gasteiger partial charge in [0, 0.05) is 29.2 Å². The van der Waals surface area contributed by atoms with Gasteiger partial charge in [0.25, 0.3) is 0 Å². The Morgan fingerprint density at radius 1 is 1.11 bits per heavy atom. The number of nitrogens with zero attached hydrogens (tertiary/aromatic N) is 1. The van der Waals surface area contributed by atoms with Gasteiger partial charge in [-0.15, -0.1) is 0 Å². The van der Waals surface area contributed by atoms with E-state index in [0.717, 1.165) is 29.7 Å². The number of benzene rings is 2. The lowest BCUT2D eigenvalue weighted by Crippen LogP contribution is -2.19. The molecule has 2 aromatic rings. The average molecular weight is 320 g/mol. The van der Waals surface area contributed by atoms with Gasteiger partial charge in [-0.05, 0) is 48.4 Å². The number of anilines is 1. The third kappa shape index (κ3) is 2.81. The van der Waals surface area contributed by atoms with Gasteiger partial charge in [-0.25, -0.2) is 4.39 Å². The van der Waals surface area contributed by atoms with Crippen LogP contribution in [0.25, 0.3) is 0 Å². The number of halogens is 2. The molecule has 3 rings (SSSR count). The molecule has 0 N–H and O–H groups in total. The van der Waals surface area contributed by atoms with Crippen LogP contribution in [0.2, 0.25) is 0 Å². The fourth-order valence-corrected chi connectivity index (χ4v) is 3.10. The molecule has 19 heavy (non-hydrogen) atoms. The fraction of sp³-hybridized carbons (Fsp3) is 0.250. The van der Waals surface area contributed by atoms with Gasteiger partial charge in [-0.1, -0.05) is 28.1 Å². The molecule has 0 amide bonds. The predicted octanol–water partition coefficient (Wildman–Crippen LogP) is 4.58. The van der Waals surface area contributed by atoms with Gasteiger partial charge in [0.05, 0.1) is 0 Å². The Labute approximate surface area is 121 Å². The molecular weight excluding hydrogens is 305 g/mol. The molecule has 1 heterocycles. The molecule has 0 radical (unpaired) electrons. The lowest BCUT2D eigenvalue weighted by atomic mass is 9.99. The highest BCUT2D eigenvalue weighted by Gasteiger charge is 2.24. The molecule has 1 atom stereocenters. The summed E-state index contributed by atoms with van der Waals surface area (Å²) in [7, 11) is 0. The largest absolute Gasteiger partial charge is 0.371 e. The zero-order valence-corrected chi connectivity index (χ0v) is 12.1. The molecule has 1 saturated heterocycles. The molecule has 0 aliphatic carbocycles. The maximum atomic E-state index is 12.9. The summed E-state index contributed by atoms with van der Waals surface area (Å²) in [6, 6.07) is 15.3. The molecule has 0 aromatic heterocycles. The normalized spacial score (nSPS) is 18.8. The van der Waals surface area contributed by atoms with Crippen LogP contribution in [-0.2, 0) is 0 Å². The highest BCUT2D eigenvalue weighted by molar-refractivity contribution is 9.10. The van der Waals surface area contributed by atoms with Crippen molar-refractivity contribution < 1.29 is 4.39 Å². The fourth-order valence-electron chi connectivity index (χ4n) is 2.68. The van der Waals surface area contributed by atoms with Crippen LogP contribution in [-0.4, -0.2) is 13.1 Å². The van der Waals surface area contributed by atoms with Gasteiger partial charge in [0.2, 0.25) is 0 Å². The van der Waals surface area contributed by atoms with Crippen LogP contribution in [0.1, 0.15) is 17.9 Å². The second-order valence-corrected chi connectivity index (χ2v) is 5.88. The molecule has 2 aromatic carbocycles. The van der Waals surface area contributed by atoms with E-state index in [2.05, 4.69) is 45.1 Å². The molecule has 1 unspecified atom stereocenters. The molecule has 1 fully saturated rings. The first kappa shape index (κ1) is 12.7. The van der Waals surface area contributed by atoms with Gasteiger partial charge in [0.1, 0.15) is 5.82 Å². The van der Waals surface area contributed by atoms with E-state index in [4.69, 9.17) is 0 Å². The van der Waals surface area contributed by atoms with E-state index in [9.17, 15) is 4.39 Å². The molecule has 0 spiro atoms.